The fourth-order valence-corrected chi connectivity index (χ4v) is 1.97. The van der Waals surface area contributed by atoms with Crippen LogP contribution < -0.4 is 5.32 Å². The molecule has 1 aromatic rings. The fourth-order valence-electron chi connectivity index (χ4n) is 1.50. The number of furan rings is 1. The van der Waals surface area contributed by atoms with Crippen LogP contribution in [0.15, 0.2) is 22.8 Å². The van der Waals surface area contributed by atoms with Gasteiger partial charge in [0.15, 0.2) is 5.76 Å². The van der Waals surface area contributed by atoms with Gasteiger partial charge in [-0.05, 0) is 25.0 Å². The van der Waals surface area contributed by atoms with Gasteiger partial charge in [0.25, 0.3) is 5.91 Å². The summed E-state index contributed by atoms with van der Waals surface area (Å²) in [6, 6.07) is 3.35. The first kappa shape index (κ1) is 13.1. The van der Waals surface area contributed by atoms with Crippen LogP contribution in [0.5, 0.6) is 0 Å². The van der Waals surface area contributed by atoms with Gasteiger partial charge in [-0.2, -0.15) is 0 Å². The average molecular weight is 244 g/mol. The van der Waals surface area contributed by atoms with E-state index in [1.807, 2.05) is 0 Å². The maximum Gasteiger partial charge on any atom is 0.286 e. The topological polar surface area (TPSA) is 42.2 Å². The molecule has 0 aromatic carbocycles. The van der Waals surface area contributed by atoms with Gasteiger partial charge in [0.2, 0.25) is 0 Å². The van der Waals surface area contributed by atoms with Crippen molar-refractivity contribution >= 4 is 17.5 Å². The maximum absolute atomic E-state index is 11.7. The lowest BCUT2D eigenvalue weighted by Gasteiger charge is -2.29. The lowest BCUT2D eigenvalue weighted by atomic mass is 9.84. The van der Waals surface area contributed by atoms with E-state index in [0.29, 0.717) is 18.2 Å². The molecule has 3 nitrogen and oxygen atoms in total. The van der Waals surface area contributed by atoms with Crippen LogP contribution >= 0.6 is 11.6 Å². The molecule has 0 bridgehead atoms. The molecule has 0 spiro atoms. The van der Waals surface area contributed by atoms with Crippen molar-refractivity contribution in [1.29, 1.82) is 0 Å². The quantitative estimate of drug-likeness (QED) is 0.781. The van der Waals surface area contributed by atoms with Gasteiger partial charge in [-0.25, -0.2) is 0 Å². The van der Waals surface area contributed by atoms with E-state index in [1.165, 1.54) is 6.26 Å². The molecule has 1 aromatic heterocycles. The molecular formula is C12H18ClNO2. The second-order valence-corrected chi connectivity index (χ2v) is 4.27. The summed E-state index contributed by atoms with van der Waals surface area (Å²) in [4.78, 5) is 11.7. The van der Waals surface area contributed by atoms with Crippen molar-refractivity contribution in [2.75, 3.05) is 12.4 Å². The molecule has 0 aliphatic heterocycles. The van der Waals surface area contributed by atoms with Gasteiger partial charge < -0.3 is 9.73 Å². The zero-order chi connectivity index (χ0) is 12.0. The highest BCUT2D eigenvalue weighted by Gasteiger charge is 2.26. The summed E-state index contributed by atoms with van der Waals surface area (Å²) in [5.74, 6) is 0.718. The van der Waals surface area contributed by atoms with Crippen molar-refractivity contribution in [3.8, 4) is 0 Å². The number of carbonyl (C=O) groups excluding carboxylic acids is 1. The molecule has 1 N–H and O–H groups in total. The summed E-state index contributed by atoms with van der Waals surface area (Å²) in [5.41, 5.74) is -0.0101. The van der Waals surface area contributed by atoms with Gasteiger partial charge in [-0.1, -0.05) is 13.8 Å². The highest BCUT2D eigenvalue weighted by molar-refractivity contribution is 6.18. The van der Waals surface area contributed by atoms with Gasteiger partial charge in [-0.3, -0.25) is 4.79 Å². The van der Waals surface area contributed by atoms with Crippen LogP contribution in [-0.4, -0.2) is 18.3 Å². The van der Waals surface area contributed by atoms with E-state index in [-0.39, 0.29) is 11.3 Å². The third kappa shape index (κ3) is 3.01. The van der Waals surface area contributed by atoms with E-state index in [1.54, 1.807) is 12.1 Å². The molecular weight excluding hydrogens is 226 g/mol. The third-order valence-electron chi connectivity index (χ3n) is 3.15. The number of hydrogen-bond donors (Lipinski definition) is 1. The molecule has 0 aliphatic carbocycles. The Labute approximate surface area is 101 Å². The Balaban J connectivity index is 2.53. The van der Waals surface area contributed by atoms with E-state index >= 15 is 0 Å². The third-order valence-corrected chi connectivity index (χ3v) is 3.72. The second-order valence-electron chi connectivity index (χ2n) is 4.00. The van der Waals surface area contributed by atoms with Gasteiger partial charge in [0, 0.05) is 17.8 Å². The Bertz CT molecular complexity index is 310. The Morgan fingerprint density at radius 2 is 2.19 bits per heavy atom. The molecule has 4 heteroatoms. The molecule has 0 unspecified atom stereocenters. The number of hydrogen-bond acceptors (Lipinski definition) is 2. The van der Waals surface area contributed by atoms with Crippen molar-refractivity contribution in [2.24, 2.45) is 5.41 Å². The largest absolute Gasteiger partial charge is 0.459 e. The maximum atomic E-state index is 11.7. The molecule has 16 heavy (non-hydrogen) atoms. The first-order chi connectivity index (χ1) is 7.67. The van der Waals surface area contributed by atoms with Crippen LogP contribution in [-0.2, 0) is 0 Å². The predicted octanol–water partition coefficient (Wildman–Crippen LogP) is 3.05. The number of rotatable bonds is 6. The van der Waals surface area contributed by atoms with Crippen LogP contribution in [0, 0.1) is 5.41 Å². The van der Waals surface area contributed by atoms with Crippen molar-refractivity contribution in [3.05, 3.63) is 24.2 Å². The average Bonchev–Trinajstić information content (AvgIpc) is 2.85. The van der Waals surface area contributed by atoms with Crippen LogP contribution in [0.3, 0.4) is 0 Å². The first-order valence-corrected chi connectivity index (χ1v) is 6.08. The fraction of sp³-hybridized carbons (Fsp3) is 0.583. The van der Waals surface area contributed by atoms with Gasteiger partial charge in [-0.15, -0.1) is 11.6 Å². The molecule has 1 heterocycles. The molecule has 0 saturated carbocycles. The van der Waals surface area contributed by atoms with Crippen molar-refractivity contribution in [3.63, 3.8) is 0 Å². The van der Waals surface area contributed by atoms with E-state index in [2.05, 4.69) is 19.2 Å². The number of halogens is 1. The minimum Gasteiger partial charge on any atom is -0.459 e. The van der Waals surface area contributed by atoms with Crippen LogP contribution in [0.25, 0.3) is 0 Å². The van der Waals surface area contributed by atoms with Crippen molar-refractivity contribution < 1.29 is 9.21 Å². The SMILES string of the molecule is CCC(CC)(CCl)CNC(=O)c1ccco1. The summed E-state index contributed by atoms with van der Waals surface area (Å²) in [6.45, 7) is 4.76. The van der Waals surface area contributed by atoms with Crippen molar-refractivity contribution in [1.82, 2.24) is 5.32 Å². The number of alkyl halides is 1. The summed E-state index contributed by atoms with van der Waals surface area (Å²) >= 11 is 5.96. The highest BCUT2D eigenvalue weighted by Crippen LogP contribution is 2.26. The molecule has 0 atom stereocenters. The Hall–Kier alpha value is -0.960. The molecule has 1 amide bonds. The Morgan fingerprint density at radius 1 is 1.50 bits per heavy atom. The zero-order valence-electron chi connectivity index (χ0n) is 9.75. The summed E-state index contributed by atoms with van der Waals surface area (Å²) < 4.78 is 5.02. The molecule has 90 valence electrons. The lowest BCUT2D eigenvalue weighted by Crippen LogP contribution is -2.38. The monoisotopic (exact) mass is 243 g/mol. The Kier molecular flexibility index (Phi) is 4.87. The minimum absolute atomic E-state index is 0.0101. The molecule has 0 saturated heterocycles. The van der Waals surface area contributed by atoms with E-state index < -0.39 is 0 Å². The first-order valence-electron chi connectivity index (χ1n) is 5.55. The standard InChI is InChI=1S/C12H18ClNO2/c1-3-12(4-2,8-13)9-14-11(15)10-6-5-7-16-10/h5-7H,3-4,8-9H2,1-2H3,(H,14,15). The van der Waals surface area contributed by atoms with E-state index in [4.69, 9.17) is 16.0 Å². The summed E-state index contributed by atoms with van der Waals surface area (Å²) in [7, 11) is 0. The Morgan fingerprint density at radius 3 is 2.62 bits per heavy atom. The normalized spacial score (nSPS) is 11.4. The predicted molar refractivity (Wildman–Crippen MR) is 64.8 cm³/mol. The van der Waals surface area contributed by atoms with Crippen LogP contribution in [0.1, 0.15) is 37.2 Å². The molecule has 0 radical (unpaired) electrons. The van der Waals surface area contributed by atoms with Crippen LogP contribution in [0.2, 0.25) is 0 Å². The smallest absolute Gasteiger partial charge is 0.286 e. The van der Waals surface area contributed by atoms with Gasteiger partial charge in [0.05, 0.1) is 6.26 Å². The van der Waals surface area contributed by atoms with Gasteiger partial charge in [0.1, 0.15) is 0 Å². The number of carbonyl (C=O) groups is 1. The second kappa shape index (κ2) is 5.94. The number of amides is 1. The van der Waals surface area contributed by atoms with E-state index in [0.717, 1.165) is 12.8 Å². The minimum atomic E-state index is -0.179. The summed E-state index contributed by atoms with van der Waals surface area (Å²) in [6.07, 6.45) is 3.39. The highest BCUT2D eigenvalue weighted by atomic mass is 35.5. The summed E-state index contributed by atoms with van der Waals surface area (Å²) in [5, 5.41) is 2.86. The zero-order valence-corrected chi connectivity index (χ0v) is 10.5. The lowest BCUT2D eigenvalue weighted by molar-refractivity contribution is 0.0904. The molecule has 0 aliphatic rings. The molecule has 1 rings (SSSR count). The van der Waals surface area contributed by atoms with E-state index in [9.17, 15) is 4.79 Å². The van der Waals surface area contributed by atoms with Crippen LogP contribution in [0.4, 0.5) is 0 Å². The van der Waals surface area contributed by atoms with Crippen molar-refractivity contribution in [2.45, 2.75) is 26.7 Å². The number of nitrogens with one attached hydrogen (secondary N) is 1. The molecule has 0 fully saturated rings. The van der Waals surface area contributed by atoms with Gasteiger partial charge >= 0.3 is 0 Å².